The maximum Gasteiger partial charge on any atom is 0.312 e. The van der Waals surface area contributed by atoms with E-state index in [-0.39, 0.29) is 11.4 Å². The fourth-order valence-electron chi connectivity index (χ4n) is 5.29. The van der Waals surface area contributed by atoms with Crippen molar-refractivity contribution < 1.29 is 9.53 Å². The molecule has 0 N–H and O–H groups in total. The van der Waals surface area contributed by atoms with Crippen LogP contribution in [-0.2, 0) is 9.53 Å². The molecule has 1 saturated heterocycles. The Morgan fingerprint density at radius 3 is 2.53 bits per heavy atom. The van der Waals surface area contributed by atoms with E-state index in [1.165, 1.54) is 6.42 Å². The lowest BCUT2D eigenvalue weighted by Gasteiger charge is -2.45. The molecule has 0 aromatic rings. The number of carbonyl (C=O) groups is 1. The summed E-state index contributed by atoms with van der Waals surface area (Å²) in [4.78, 5) is 12.1. The highest BCUT2D eigenvalue weighted by Gasteiger charge is 2.65. The molecular formula is C15H24O2. The van der Waals surface area contributed by atoms with E-state index in [4.69, 9.17) is 4.74 Å². The van der Waals surface area contributed by atoms with Gasteiger partial charge in [-0.25, -0.2) is 0 Å². The summed E-state index contributed by atoms with van der Waals surface area (Å²) >= 11 is 0. The molecule has 0 aromatic carbocycles. The van der Waals surface area contributed by atoms with E-state index in [0.29, 0.717) is 23.9 Å². The Morgan fingerprint density at radius 1 is 1.35 bits per heavy atom. The number of rotatable bonds is 0. The van der Waals surface area contributed by atoms with Gasteiger partial charge in [-0.2, -0.15) is 0 Å². The number of fused-ring (bicyclic) bond motifs is 3. The van der Waals surface area contributed by atoms with Gasteiger partial charge in [0.2, 0.25) is 0 Å². The van der Waals surface area contributed by atoms with Crippen molar-refractivity contribution in [1.29, 1.82) is 0 Å². The number of hydrogen-bond donors (Lipinski definition) is 0. The highest BCUT2D eigenvalue weighted by atomic mass is 16.5. The van der Waals surface area contributed by atoms with Crippen molar-refractivity contribution in [2.75, 3.05) is 6.61 Å². The van der Waals surface area contributed by atoms with E-state index in [9.17, 15) is 4.79 Å². The second-order valence-corrected chi connectivity index (χ2v) is 7.60. The molecule has 2 bridgehead atoms. The number of cyclic esters (lactones) is 1. The predicted molar refractivity (Wildman–Crippen MR) is 66.3 cm³/mol. The minimum atomic E-state index is -0.0882. The van der Waals surface area contributed by atoms with E-state index >= 15 is 0 Å². The molecule has 1 spiro atoms. The summed E-state index contributed by atoms with van der Waals surface area (Å²) in [6, 6.07) is 0. The third-order valence-electron chi connectivity index (χ3n) is 5.82. The molecule has 2 heteroatoms. The summed E-state index contributed by atoms with van der Waals surface area (Å²) in [6.07, 6.45) is 3.34. The summed E-state index contributed by atoms with van der Waals surface area (Å²) < 4.78 is 5.30. The van der Waals surface area contributed by atoms with Crippen LogP contribution < -0.4 is 0 Å². The van der Waals surface area contributed by atoms with Gasteiger partial charge in [-0.1, -0.05) is 27.7 Å². The van der Waals surface area contributed by atoms with Crippen LogP contribution in [0.1, 0.15) is 47.0 Å². The van der Waals surface area contributed by atoms with Gasteiger partial charge >= 0.3 is 5.97 Å². The van der Waals surface area contributed by atoms with Crippen molar-refractivity contribution in [3.63, 3.8) is 0 Å². The van der Waals surface area contributed by atoms with Crippen LogP contribution >= 0.6 is 0 Å². The van der Waals surface area contributed by atoms with Gasteiger partial charge in [0.1, 0.15) is 0 Å². The SMILES string of the molecule is CC1C2CC(C1C(C)(C)C)C1(CCOC1=O)C2. The monoisotopic (exact) mass is 236 g/mol. The van der Waals surface area contributed by atoms with Gasteiger partial charge in [0.15, 0.2) is 0 Å². The Hall–Kier alpha value is -0.530. The van der Waals surface area contributed by atoms with Crippen molar-refractivity contribution >= 4 is 5.97 Å². The Balaban J connectivity index is 1.97. The average molecular weight is 236 g/mol. The minimum absolute atomic E-state index is 0.0882. The number of ether oxygens (including phenoxy) is 1. The first-order chi connectivity index (χ1) is 7.86. The highest BCUT2D eigenvalue weighted by molar-refractivity contribution is 5.80. The second kappa shape index (κ2) is 3.27. The molecular weight excluding hydrogens is 212 g/mol. The van der Waals surface area contributed by atoms with Crippen molar-refractivity contribution in [3.05, 3.63) is 0 Å². The van der Waals surface area contributed by atoms with Gasteiger partial charge in [0.25, 0.3) is 0 Å². The maximum absolute atomic E-state index is 12.1. The van der Waals surface area contributed by atoms with Crippen LogP contribution in [0, 0.1) is 34.5 Å². The first-order valence-electron chi connectivity index (χ1n) is 7.03. The average Bonchev–Trinajstić information content (AvgIpc) is 2.81. The van der Waals surface area contributed by atoms with Gasteiger partial charge < -0.3 is 4.74 Å². The molecule has 2 nitrogen and oxygen atoms in total. The van der Waals surface area contributed by atoms with Crippen LogP contribution in [0.3, 0.4) is 0 Å². The lowest BCUT2D eigenvalue weighted by atomic mass is 9.58. The van der Waals surface area contributed by atoms with Crippen LogP contribution in [0.15, 0.2) is 0 Å². The zero-order chi connectivity index (χ0) is 12.4. The molecule has 3 rings (SSSR count). The summed E-state index contributed by atoms with van der Waals surface area (Å²) in [5, 5.41) is 0. The Labute approximate surface area is 104 Å². The third-order valence-corrected chi connectivity index (χ3v) is 5.82. The molecule has 0 amide bonds. The van der Waals surface area contributed by atoms with Gasteiger partial charge in [0, 0.05) is 0 Å². The number of carbonyl (C=O) groups excluding carboxylic acids is 1. The van der Waals surface area contributed by atoms with E-state index < -0.39 is 0 Å². The minimum Gasteiger partial charge on any atom is -0.465 e. The Bertz CT molecular complexity index is 354. The molecule has 5 unspecified atom stereocenters. The molecule has 2 aliphatic carbocycles. The second-order valence-electron chi connectivity index (χ2n) is 7.60. The molecule has 2 saturated carbocycles. The lowest BCUT2D eigenvalue weighted by Crippen LogP contribution is -2.44. The van der Waals surface area contributed by atoms with Crippen molar-refractivity contribution in [2.45, 2.75) is 47.0 Å². The zero-order valence-corrected chi connectivity index (χ0v) is 11.5. The Kier molecular flexibility index (Phi) is 2.22. The quantitative estimate of drug-likeness (QED) is 0.603. The largest absolute Gasteiger partial charge is 0.465 e. The standard InChI is InChI=1S/C15H24O2/c1-9-10-7-11(12(9)14(2,3)4)15(8-10)5-6-17-13(15)16/h9-12H,5-8H2,1-4H3. The molecule has 0 radical (unpaired) electrons. The molecule has 17 heavy (non-hydrogen) atoms. The molecule has 5 atom stereocenters. The molecule has 0 aromatic heterocycles. The van der Waals surface area contributed by atoms with Gasteiger partial charge in [-0.15, -0.1) is 0 Å². The summed E-state index contributed by atoms with van der Waals surface area (Å²) in [7, 11) is 0. The van der Waals surface area contributed by atoms with Crippen LogP contribution in [0.4, 0.5) is 0 Å². The van der Waals surface area contributed by atoms with E-state index in [1.54, 1.807) is 0 Å². The predicted octanol–water partition coefficient (Wildman–Crippen LogP) is 3.26. The van der Waals surface area contributed by atoms with Crippen LogP contribution in [0.5, 0.6) is 0 Å². The third kappa shape index (κ3) is 1.36. The summed E-state index contributed by atoms with van der Waals surface area (Å²) in [5.41, 5.74) is 0.226. The lowest BCUT2D eigenvalue weighted by molar-refractivity contribution is -0.151. The normalized spacial score (nSPS) is 49.1. The van der Waals surface area contributed by atoms with Crippen molar-refractivity contribution in [3.8, 4) is 0 Å². The smallest absolute Gasteiger partial charge is 0.312 e. The first kappa shape index (κ1) is 11.6. The van der Waals surface area contributed by atoms with Crippen LogP contribution in [-0.4, -0.2) is 12.6 Å². The van der Waals surface area contributed by atoms with Gasteiger partial charge in [-0.05, 0) is 48.3 Å². The highest BCUT2D eigenvalue weighted by Crippen LogP contribution is 2.67. The zero-order valence-electron chi connectivity index (χ0n) is 11.5. The molecule has 3 fully saturated rings. The van der Waals surface area contributed by atoms with Gasteiger partial charge in [-0.3, -0.25) is 4.79 Å². The maximum atomic E-state index is 12.1. The summed E-state index contributed by atoms with van der Waals surface area (Å²) in [5.74, 6) is 2.92. The van der Waals surface area contributed by atoms with Crippen molar-refractivity contribution in [1.82, 2.24) is 0 Å². The summed E-state index contributed by atoms with van der Waals surface area (Å²) in [6.45, 7) is 10.1. The van der Waals surface area contributed by atoms with Crippen LogP contribution in [0.25, 0.3) is 0 Å². The van der Waals surface area contributed by atoms with Crippen LogP contribution in [0.2, 0.25) is 0 Å². The van der Waals surface area contributed by atoms with Crippen molar-refractivity contribution in [2.24, 2.45) is 34.5 Å². The van der Waals surface area contributed by atoms with Gasteiger partial charge in [0.05, 0.1) is 12.0 Å². The molecule has 96 valence electrons. The fraction of sp³-hybridized carbons (Fsp3) is 0.933. The fourth-order valence-corrected chi connectivity index (χ4v) is 5.29. The Morgan fingerprint density at radius 2 is 2.06 bits per heavy atom. The molecule has 3 aliphatic rings. The van der Waals surface area contributed by atoms with E-state index in [0.717, 1.165) is 24.7 Å². The van der Waals surface area contributed by atoms with E-state index in [1.807, 2.05) is 0 Å². The number of esters is 1. The van der Waals surface area contributed by atoms with E-state index in [2.05, 4.69) is 27.7 Å². The number of hydrogen-bond acceptors (Lipinski definition) is 2. The molecule has 1 heterocycles. The first-order valence-corrected chi connectivity index (χ1v) is 7.03. The molecule has 1 aliphatic heterocycles. The topological polar surface area (TPSA) is 26.3 Å².